The van der Waals surface area contributed by atoms with Gasteiger partial charge in [0.2, 0.25) is 0 Å². The van der Waals surface area contributed by atoms with Crippen molar-refractivity contribution in [1.29, 1.82) is 0 Å². The van der Waals surface area contributed by atoms with Crippen LogP contribution in [-0.4, -0.2) is 27.1 Å². The number of anilines is 6. The Balaban J connectivity index is 1.15. The summed E-state index contributed by atoms with van der Waals surface area (Å²) in [7, 11) is 0. The van der Waals surface area contributed by atoms with Crippen LogP contribution in [0.3, 0.4) is 0 Å². The zero-order valence-electron chi connectivity index (χ0n) is 30.0. The van der Waals surface area contributed by atoms with E-state index in [-0.39, 0.29) is 6.71 Å². The Morgan fingerprint density at radius 2 is 0.868 bits per heavy atom. The van der Waals surface area contributed by atoms with Crippen LogP contribution < -0.4 is 26.4 Å². The lowest BCUT2D eigenvalue weighted by Crippen LogP contribution is -2.63. The van der Waals surface area contributed by atoms with E-state index in [1.54, 1.807) is 0 Å². The highest BCUT2D eigenvalue weighted by atomic mass is 15.2. The number of hydrogen-bond acceptors (Lipinski definition) is 6. The minimum absolute atomic E-state index is 0.240. The number of benzene rings is 5. The molecule has 258 valence electrons. The zero-order valence-corrected chi connectivity index (χ0v) is 30.0. The molecule has 0 bridgehead atoms. The average Bonchev–Trinajstić information content (AvgIpc) is 3.24. The van der Waals surface area contributed by atoms with E-state index >= 15 is 0 Å². The first-order valence-corrected chi connectivity index (χ1v) is 19.8. The molecule has 0 saturated heterocycles. The van der Waals surface area contributed by atoms with Gasteiger partial charge in [0.1, 0.15) is 0 Å². The molecular weight excluding hydrogens is 647 g/mol. The molecule has 2 fully saturated rings. The highest BCUT2D eigenvalue weighted by Gasteiger charge is 2.47. The molecule has 4 heterocycles. The van der Waals surface area contributed by atoms with Gasteiger partial charge >= 0.3 is 6.71 Å². The molecule has 2 aliphatic heterocycles. The van der Waals surface area contributed by atoms with Crippen LogP contribution >= 0.6 is 0 Å². The van der Waals surface area contributed by atoms with Crippen molar-refractivity contribution in [2.24, 2.45) is 0 Å². The van der Waals surface area contributed by atoms with Gasteiger partial charge in [-0.15, -0.1) is 0 Å². The van der Waals surface area contributed by atoms with E-state index in [1.165, 1.54) is 80.8 Å². The second kappa shape index (κ2) is 12.5. The number of fused-ring (bicyclic) bond motifs is 8. The molecular formula is C46H41BN6. The summed E-state index contributed by atoms with van der Waals surface area (Å²) in [6.07, 6.45) is 13.2. The van der Waals surface area contributed by atoms with Gasteiger partial charge in [0.05, 0.1) is 33.6 Å². The van der Waals surface area contributed by atoms with Gasteiger partial charge in [0, 0.05) is 33.5 Å². The molecule has 0 spiro atoms. The maximum absolute atomic E-state index is 5.10. The van der Waals surface area contributed by atoms with Crippen molar-refractivity contribution in [3.63, 3.8) is 0 Å². The van der Waals surface area contributed by atoms with Gasteiger partial charge < -0.3 is 9.80 Å². The highest BCUT2D eigenvalue weighted by molar-refractivity contribution is 6.99. The fourth-order valence-electron chi connectivity index (χ4n) is 10.0. The molecule has 7 aromatic rings. The van der Waals surface area contributed by atoms with Crippen LogP contribution in [0.1, 0.15) is 87.2 Å². The molecule has 7 heteroatoms. The lowest BCUT2D eigenvalue weighted by Gasteiger charge is -2.43. The van der Waals surface area contributed by atoms with Gasteiger partial charge in [0.15, 0.2) is 0 Å². The van der Waals surface area contributed by atoms with Gasteiger partial charge in [-0.3, -0.25) is 0 Å². The molecule has 2 aromatic heterocycles. The van der Waals surface area contributed by atoms with Crippen molar-refractivity contribution in [2.75, 3.05) is 9.80 Å². The van der Waals surface area contributed by atoms with Crippen molar-refractivity contribution in [2.45, 2.75) is 76.0 Å². The number of rotatable bonds is 4. The van der Waals surface area contributed by atoms with Gasteiger partial charge in [-0.05, 0) is 103 Å². The van der Waals surface area contributed by atoms with E-state index < -0.39 is 0 Å². The molecule has 0 radical (unpaired) electrons. The Bertz CT molecular complexity index is 2330. The minimum Gasteiger partial charge on any atom is -0.309 e. The average molecular weight is 689 g/mol. The fraction of sp³-hybridized carbons (Fsp3) is 0.261. The summed E-state index contributed by atoms with van der Waals surface area (Å²) in [5.74, 6) is 1.30. The predicted octanol–water partition coefficient (Wildman–Crippen LogP) is 9.75. The van der Waals surface area contributed by atoms with E-state index in [2.05, 4.69) is 113 Å². The predicted molar refractivity (Wildman–Crippen MR) is 218 cm³/mol. The Hall–Kier alpha value is -5.56. The van der Waals surface area contributed by atoms with Crippen LogP contribution in [0.4, 0.5) is 34.1 Å². The first kappa shape index (κ1) is 31.0. The van der Waals surface area contributed by atoms with Crippen molar-refractivity contribution >= 4 is 79.3 Å². The van der Waals surface area contributed by atoms with E-state index in [9.17, 15) is 0 Å². The van der Waals surface area contributed by atoms with Gasteiger partial charge in [-0.25, -0.2) is 0 Å². The molecule has 0 unspecified atom stereocenters. The second-order valence-electron chi connectivity index (χ2n) is 15.6. The van der Waals surface area contributed by atoms with Crippen LogP contribution in [0.15, 0.2) is 115 Å². The summed E-state index contributed by atoms with van der Waals surface area (Å²) in [6.45, 7) is -0.240. The second-order valence-corrected chi connectivity index (χ2v) is 15.6. The SMILES string of the molecule is c1cc2c3c(c1)N(c1ccc(C4CCCCC4)cc1)c1c(nnc4ccccc14)B3c1nnc3ccccc3c1N2c1ccc(C2CCCCC2)cc1. The lowest BCUT2D eigenvalue weighted by atomic mass is 9.36. The molecule has 2 aliphatic carbocycles. The van der Waals surface area contributed by atoms with Crippen molar-refractivity contribution in [3.8, 4) is 0 Å². The van der Waals surface area contributed by atoms with E-state index in [1.807, 2.05) is 12.1 Å². The molecule has 4 aliphatic rings. The molecule has 11 rings (SSSR count). The topological polar surface area (TPSA) is 58.0 Å². The van der Waals surface area contributed by atoms with E-state index in [4.69, 9.17) is 20.4 Å². The molecule has 5 aromatic carbocycles. The Morgan fingerprint density at radius 3 is 1.32 bits per heavy atom. The summed E-state index contributed by atoms with van der Waals surface area (Å²) in [5, 5.41) is 22.1. The smallest absolute Gasteiger partial charge is 0.303 e. The third-order valence-electron chi connectivity index (χ3n) is 12.6. The highest BCUT2D eigenvalue weighted by Crippen LogP contribution is 2.47. The molecule has 0 atom stereocenters. The van der Waals surface area contributed by atoms with Crippen LogP contribution in [0.5, 0.6) is 0 Å². The number of aromatic nitrogens is 4. The maximum Gasteiger partial charge on any atom is 0.303 e. The lowest BCUT2D eigenvalue weighted by molar-refractivity contribution is 0.443. The first-order chi connectivity index (χ1) is 26.3. The van der Waals surface area contributed by atoms with Crippen molar-refractivity contribution in [3.05, 3.63) is 126 Å². The first-order valence-electron chi connectivity index (χ1n) is 19.8. The normalized spacial score (nSPS) is 17.2. The molecule has 53 heavy (non-hydrogen) atoms. The van der Waals surface area contributed by atoms with Crippen LogP contribution in [0, 0.1) is 0 Å². The molecule has 0 amide bonds. The zero-order chi connectivity index (χ0) is 34.9. The van der Waals surface area contributed by atoms with Gasteiger partial charge in [-0.2, -0.15) is 20.4 Å². The maximum atomic E-state index is 5.10. The quantitative estimate of drug-likeness (QED) is 0.172. The summed E-state index contributed by atoms with van der Waals surface area (Å²) in [6, 6.07) is 42.4. The minimum atomic E-state index is -0.240. The van der Waals surface area contributed by atoms with E-state index in [0.717, 1.165) is 67.1 Å². The third-order valence-corrected chi connectivity index (χ3v) is 12.6. The number of hydrogen-bond donors (Lipinski definition) is 0. The monoisotopic (exact) mass is 688 g/mol. The Morgan fingerprint density at radius 1 is 0.434 bits per heavy atom. The summed E-state index contributed by atoms with van der Waals surface area (Å²) < 4.78 is 0. The van der Waals surface area contributed by atoms with Crippen molar-refractivity contribution in [1.82, 2.24) is 20.4 Å². The standard InChI is InChI=1S/C46H41BN6/c1-3-12-30(13-4-1)32-22-26-34(27-23-32)52-40-20-11-21-41-42(40)47(45-43(52)36-16-7-9-18-38(36)48-50-45)46-44(37-17-8-10-19-39(37)49-51-46)53(41)35-28-24-33(25-29-35)31-14-5-2-6-15-31/h7-11,16-31H,1-6,12-15H2. The van der Waals surface area contributed by atoms with E-state index in [0.29, 0.717) is 11.8 Å². The Labute approximate surface area is 311 Å². The van der Waals surface area contributed by atoms with Gasteiger partial charge in [-0.1, -0.05) is 105 Å². The fourth-order valence-corrected chi connectivity index (χ4v) is 10.0. The molecule has 6 nitrogen and oxygen atoms in total. The van der Waals surface area contributed by atoms with Gasteiger partial charge in [0.25, 0.3) is 0 Å². The van der Waals surface area contributed by atoms with Crippen molar-refractivity contribution < 1.29 is 0 Å². The number of nitrogens with zero attached hydrogens (tertiary/aromatic N) is 6. The third kappa shape index (κ3) is 4.93. The largest absolute Gasteiger partial charge is 0.309 e. The summed E-state index contributed by atoms with van der Waals surface area (Å²) in [4.78, 5) is 4.88. The van der Waals surface area contributed by atoms with Crippen LogP contribution in [0.2, 0.25) is 0 Å². The van der Waals surface area contributed by atoms with Crippen LogP contribution in [0.25, 0.3) is 21.8 Å². The molecule has 2 saturated carbocycles. The molecule has 0 N–H and O–H groups in total. The summed E-state index contributed by atoms with van der Waals surface area (Å²) >= 11 is 0. The summed E-state index contributed by atoms with van der Waals surface area (Å²) in [5.41, 5.74) is 14.4. The Kier molecular flexibility index (Phi) is 7.34. The van der Waals surface area contributed by atoms with Crippen LogP contribution in [-0.2, 0) is 0 Å².